The van der Waals surface area contributed by atoms with Crippen LogP contribution in [0.25, 0.3) is 0 Å². The Hall–Kier alpha value is -2.17. The molecule has 0 radical (unpaired) electrons. The normalized spacial score (nSPS) is 17.9. The lowest BCUT2D eigenvalue weighted by molar-refractivity contribution is -0.134. The minimum absolute atomic E-state index is 0.147. The Labute approximate surface area is 142 Å². The number of hydrogen-bond donors (Lipinski definition) is 0. The Morgan fingerprint density at radius 3 is 2.79 bits per heavy atom. The summed E-state index contributed by atoms with van der Waals surface area (Å²) >= 11 is 0. The summed E-state index contributed by atoms with van der Waals surface area (Å²) in [6.07, 6.45) is 8.40. The molecule has 24 heavy (non-hydrogen) atoms. The molecule has 1 aromatic heterocycles. The average molecular weight is 329 g/mol. The van der Waals surface area contributed by atoms with E-state index < -0.39 is 0 Å². The number of aryl methyl sites for hydroxylation is 2. The molecular weight excluding hydrogens is 305 g/mol. The first-order valence-corrected chi connectivity index (χ1v) is 8.65. The van der Waals surface area contributed by atoms with E-state index in [1.165, 1.54) is 18.6 Å². The Balaban J connectivity index is 1.61. The number of rotatable bonds is 5. The molecule has 2 heterocycles. The van der Waals surface area contributed by atoms with E-state index in [0.29, 0.717) is 6.42 Å². The van der Waals surface area contributed by atoms with E-state index in [9.17, 15) is 9.18 Å². The van der Waals surface area contributed by atoms with Crippen LogP contribution in [-0.4, -0.2) is 32.9 Å². The van der Waals surface area contributed by atoms with Crippen molar-refractivity contribution < 1.29 is 9.18 Å². The molecule has 1 saturated heterocycles. The molecule has 0 spiro atoms. The smallest absolute Gasteiger partial charge is 0.227 e. The number of benzene rings is 1. The molecule has 5 heteroatoms. The van der Waals surface area contributed by atoms with Crippen molar-refractivity contribution in [2.24, 2.45) is 0 Å². The number of imidazole rings is 1. The first-order chi connectivity index (χ1) is 11.6. The van der Waals surface area contributed by atoms with Crippen molar-refractivity contribution in [3.63, 3.8) is 0 Å². The van der Waals surface area contributed by atoms with Crippen LogP contribution in [0.5, 0.6) is 0 Å². The van der Waals surface area contributed by atoms with Gasteiger partial charge in [-0.15, -0.1) is 0 Å². The van der Waals surface area contributed by atoms with Crippen molar-refractivity contribution in [3.8, 4) is 0 Å². The van der Waals surface area contributed by atoms with Crippen LogP contribution >= 0.6 is 0 Å². The maximum atomic E-state index is 13.0. The molecule has 0 N–H and O–H groups in total. The summed E-state index contributed by atoms with van der Waals surface area (Å²) in [5.74, 6) is 0.890. The molecule has 1 fully saturated rings. The molecule has 1 amide bonds. The molecular formula is C19H24FN3O. The molecule has 1 aromatic carbocycles. The summed E-state index contributed by atoms with van der Waals surface area (Å²) in [7, 11) is 0. The fourth-order valence-corrected chi connectivity index (χ4v) is 3.44. The van der Waals surface area contributed by atoms with Crippen LogP contribution in [0.2, 0.25) is 0 Å². The van der Waals surface area contributed by atoms with Gasteiger partial charge in [-0.2, -0.15) is 0 Å². The van der Waals surface area contributed by atoms with E-state index >= 15 is 0 Å². The lowest BCUT2D eigenvalue weighted by Gasteiger charge is -2.36. The van der Waals surface area contributed by atoms with Crippen LogP contribution in [0.4, 0.5) is 4.39 Å². The van der Waals surface area contributed by atoms with E-state index in [2.05, 4.69) is 9.55 Å². The van der Waals surface area contributed by atoms with Gasteiger partial charge in [-0.1, -0.05) is 12.1 Å². The number of piperidine rings is 1. The average Bonchev–Trinajstić information content (AvgIpc) is 3.00. The molecule has 1 aliphatic rings. The number of hydrogen-bond acceptors (Lipinski definition) is 2. The highest BCUT2D eigenvalue weighted by molar-refractivity contribution is 5.79. The SMILES string of the molecule is Cc1nccn1CCC1CCCCN1C(=O)Cc1ccc(F)cc1. The van der Waals surface area contributed by atoms with E-state index in [1.807, 2.05) is 24.2 Å². The van der Waals surface area contributed by atoms with E-state index in [0.717, 1.165) is 43.7 Å². The minimum atomic E-state index is -0.266. The van der Waals surface area contributed by atoms with Crippen LogP contribution in [-0.2, 0) is 17.8 Å². The number of nitrogens with zero attached hydrogens (tertiary/aromatic N) is 3. The van der Waals surface area contributed by atoms with Crippen molar-refractivity contribution in [2.75, 3.05) is 6.54 Å². The quantitative estimate of drug-likeness (QED) is 0.844. The lowest BCUT2D eigenvalue weighted by Crippen LogP contribution is -2.44. The first kappa shape index (κ1) is 16.7. The number of halogens is 1. The summed E-state index contributed by atoms with van der Waals surface area (Å²) < 4.78 is 15.1. The van der Waals surface area contributed by atoms with Crippen molar-refractivity contribution >= 4 is 5.91 Å². The number of carbonyl (C=O) groups excluding carboxylic acids is 1. The van der Waals surface area contributed by atoms with Crippen molar-refractivity contribution in [1.29, 1.82) is 0 Å². The van der Waals surface area contributed by atoms with Gasteiger partial charge in [0.1, 0.15) is 11.6 Å². The number of aromatic nitrogens is 2. The summed E-state index contributed by atoms with van der Waals surface area (Å²) in [6.45, 7) is 3.71. The van der Waals surface area contributed by atoms with Crippen LogP contribution < -0.4 is 0 Å². The third-order valence-electron chi connectivity index (χ3n) is 4.84. The van der Waals surface area contributed by atoms with Gasteiger partial charge in [-0.05, 0) is 50.3 Å². The van der Waals surface area contributed by atoms with Gasteiger partial charge in [-0.25, -0.2) is 9.37 Å². The van der Waals surface area contributed by atoms with Gasteiger partial charge < -0.3 is 9.47 Å². The van der Waals surface area contributed by atoms with Gasteiger partial charge in [0.2, 0.25) is 5.91 Å². The maximum absolute atomic E-state index is 13.0. The highest BCUT2D eigenvalue weighted by Gasteiger charge is 2.26. The van der Waals surface area contributed by atoms with Crippen LogP contribution in [0.3, 0.4) is 0 Å². The van der Waals surface area contributed by atoms with E-state index in [-0.39, 0.29) is 17.8 Å². The summed E-state index contributed by atoms with van der Waals surface area (Å²) in [4.78, 5) is 19.0. The van der Waals surface area contributed by atoms with Crippen LogP contribution in [0.1, 0.15) is 37.1 Å². The molecule has 0 saturated carbocycles. The highest BCUT2D eigenvalue weighted by Crippen LogP contribution is 2.22. The van der Waals surface area contributed by atoms with Gasteiger partial charge >= 0.3 is 0 Å². The molecule has 2 aromatic rings. The number of amides is 1. The predicted molar refractivity (Wildman–Crippen MR) is 91.0 cm³/mol. The standard InChI is InChI=1S/C19H24FN3O/c1-15-21-10-13-22(15)12-9-18-4-2-3-11-23(18)19(24)14-16-5-7-17(20)8-6-16/h5-8,10,13,18H,2-4,9,11-12,14H2,1H3. The van der Waals surface area contributed by atoms with Gasteiger partial charge in [-0.3, -0.25) is 4.79 Å². The fourth-order valence-electron chi connectivity index (χ4n) is 3.44. The predicted octanol–water partition coefficient (Wildman–Crippen LogP) is 3.34. The van der Waals surface area contributed by atoms with E-state index in [1.54, 1.807) is 12.1 Å². The molecule has 128 valence electrons. The van der Waals surface area contributed by atoms with Gasteiger partial charge in [0.15, 0.2) is 0 Å². The second-order valence-electron chi connectivity index (χ2n) is 6.50. The second kappa shape index (κ2) is 7.60. The van der Waals surface area contributed by atoms with Crippen molar-refractivity contribution in [3.05, 3.63) is 53.9 Å². The van der Waals surface area contributed by atoms with Crippen molar-refractivity contribution in [1.82, 2.24) is 14.5 Å². The lowest BCUT2D eigenvalue weighted by atomic mass is 9.98. The van der Waals surface area contributed by atoms with Crippen molar-refractivity contribution in [2.45, 2.75) is 51.6 Å². The Morgan fingerprint density at radius 1 is 1.29 bits per heavy atom. The zero-order valence-electron chi connectivity index (χ0n) is 14.1. The Kier molecular flexibility index (Phi) is 5.28. The molecule has 1 atom stereocenters. The van der Waals surface area contributed by atoms with Crippen LogP contribution in [0.15, 0.2) is 36.7 Å². The summed E-state index contributed by atoms with van der Waals surface area (Å²) in [5, 5.41) is 0. The number of likely N-dealkylation sites (tertiary alicyclic amines) is 1. The van der Waals surface area contributed by atoms with Gasteiger partial charge in [0, 0.05) is 31.5 Å². The molecule has 1 aliphatic heterocycles. The first-order valence-electron chi connectivity index (χ1n) is 8.65. The highest BCUT2D eigenvalue weighted by atomic mass is 19.1. The Bertz CT molecular complexity index is 680. The minimum Gasteiger partial charge on any atom is -0.339 e. The zero-order valence-corrected chi connectivity index (χ0v) is 14.1. The van der Waals surface area contributed by atoms with Gasteiger partial charge in [0.05, 0.1) is 6.42 Å². The maximum Gasteiger partial charge on any atom is 0.227 e. The largest absolute Gasteiger partial charge is 0.339 e. The monoisotopic (exact) mass is 329 g/mol. The third kappa shape index (κ3) is 4.02. The second-order valence-corrected chi connectivity index (χ2v) is 6.50. The van der Waals surface area contributed by atoms with Crippen LogP contribution in [0, 0.1) is 12.7 Å². The molecule has 1 unspecified atom stereocenters. The third-order valence-corrected chi connectivity index (χ3v) is 4.84. The van der Waals surface area contributed by atoms with Gasteiger partial charge in [0.25, 0.3) is 0 Å². The summed E-state index contributed by atoms with van der Waals surface area (Å²) in [6, 6.07) is 6.51. The van der Waals surface area contributed by atoms with E-state index in [4.69, 9.17) is 0 Å². The topological polar surface area (TPSA) is 38.1 Å². The zero-order chi connectivity index (χ0) is 16.9. The number of carbonyl (C=O) groups is 1. The molecule has 4 nitrogen and oxygen atoms in total. The molecule has 0 aliphatic carbocycles. The fraction of sp³-hybridized carbons (Fsp3) is 0.474. The summed E-state index contributed by atoms with van der Waals surface area (Å²) in [5.41, 5.74) is 0.871. The Morgan fingerprint density at radius 2 is 2.08 bits per heavy atom. The molecule has 3 rings (SSSR count). The molecule has 0 bridgehead atoms.